The normalized spacial score (nSPS) is 18.0. The predicted octanol–water partition coefficient (Wildman–Crippen LogP) is 2.88. The van der Waals surface area contributed by atoms with Crippen molar-refractivity contribution in [2.45, 2.75) is 25.4 Å². The SMILES string of the molecule is CC(c1ccccc1)N1CC(NC(=O)Nc2cccc(O)c2)CC1=O. The molecular weight excluding hydrogens is 318 g/mol. The third kappa shape index (κ3) is 4.09. The summed E-state index contributed by atoms with van der Waals surface area (Å²) < 4.78 is 0. The number of hydrogen-bond donors (Lipinski definition) is 3. The zero-order chi connectivity index (χ0) is 17.8. The van der Waals surface area contributed by atoms with Gasteiger partial charge in [0.1, 0.15) is 5.75 Å². The minimum Gasteiger partial charge on any atom is -0.508 e. The second-order valence-electron chi connectivity index (χ2n) is 6.18. The maximum Gasteiger partial charge on any atom is 0.319 e. The van der Waals surface area contributed by atoms with Gasteiger partial charge in [-0.1, -0.05) is 36.4 Å². The van der Waals surface area contributed by atoms with Crippen molar-refractivity contribution in [2.75, 3.05) is 11.9 Å². The lowest BCUT2D eigenvalue weighted by Gasteiger charge is -2.25. The summed E-state index contributed by atoms with van der Waals surface area (Å²) in [5.41, 5.74) is 1.57. The van der Waals surface area contributed by atoms with Crippen LogP contribution in [-0.2, 0) is 4.79 Å². The highest BCUT2D eigenvalue weighted by Gasteiger charge is 2.33. The topological polar surface area (TPSA) is 81.7 Å². The molecule has 2 unspecified atom stereocenters. The van der Waals surface area contributed by atoms with E-state index in [-0.39, 0.29) is 30.2 Å². The third-order valence-corrected chi connectivity index (χ3v) is 4.35. The highest BCUT2D eigenvalue weighted by atomic mass is 16.3. The first kappa shape index (κ1) is 16.8. The number of urea groups is 1. The molecule has 0 spiro atoms. The van der Waals surface area contributed by atoms with Crippen LogP contribution in [0.4, 0.5) is 10.5 Å². The van der Waals surface area contributed by atoms with Crippen LogP contribution in [0.25, 0.3) is 0 Å². The van der Waals surface area contributed by atoms with Crippen molar-refractivity contribution in [1.29, 1.82) is 0 Å². The number of nitrogens with zero attached hydrogens (tertiary/aromatic N) is 1. The van der Waals surface area contributed by atoms with Crippen molar-refractivity contribution in [3.63, 3.8) is 0 Å². The lowest BCUT2D eigenvalue weighted by atomic mass is 10.1. The number of aromatic hydroxyl groups is 1. The minimum absolute atomic E-state index is 0.0269. The Morgan fingerprint density at radius 3 is 2.68 bits per heavy atom. The Kier molecular flexibility index (Phi) is 4.88. The Hall–Kier alpha value is -3.02. The fraction of sp³-hybridized carbons (Fsp3) is 0.263. The first-order valence-corrected chi connectivity index (χ1v) is 8.24. The monoisotopic (exact) mass is 339 g/mol. The molecule has 1 aliphatic heterocycles. The molecule has 6 nitrogen and oxygen atoms in total. The maximum atomic E-state index is 12.3. The van der Waals surface area contributed by atoms with Crippen molar-refractivity contribution in [3.8, 4) is 5.75 Å². The first-order valence-electron chi connectivity index (χ1n) is 8.24. The van der Waals surface area contributed by atoms with Gasteiger partial charge in [-0.2, -0.15) is 0 Å². The number of nitrogens with one attached hydrogen (secondary N) is 2. The summed E-state index contributed by atoms with van der Waals surface area (Å²) in [5.74, 6) is 0.107. The number of hydrogen-bond acceptors (Lipinski definition) is 3. The molecule has 2 aromatic carbocycles. The summed E-state index contributed by atoms with van der Waals surface area (Å²) in [7, 11) is 0. The maximum absolute atomic E-state index is 12.3. The highest BCUT2D eigenvalue weighted by Crippen LogP contribution is 2.25. The number of amides is 3. The van der Waals surface area contributed by atoms with Crippen molar-refractivity contribution in [2.24, 2.45) is 0 Å². The molecule has 2 atom stereocenters. The largest absolute Gasteiger partial charge is 0.508 e. The average Bonchev–Trinajstić information content (AvgIpc) is 2.95. The van der Waals surface area contributed by atoms with Crippen LogP contribution in [0.15, 0.2) is 54.6 Å². The van der Waals surface area contributed by atoms with Gasteiger partial charge in [0.15, 0.2) is 0 Å². The Labute approximate surface area is 146 Å². The van der Waals surface area contributed by atoms with Crippen molar-refractivity contribution in [1.82, 2.24) is 10.2 Å². The molecule has 0 aliphatic carbocycles. The molecular formula is C19H21N3O3. The van der Waals surface area contributed by atoms with E-state index in [2.05, 4.69) is 10.6 Å². The second kappa shape index (κ2) is 7.25. The molecule has 3 N–H and O–H groups in total. The van der Waals surface area contributed by atoms with Crippen LogP contribution in [0.5, 0.6) is 5.75 Å². The Balaban J connectivity index is 1.58. The van der Waals surface area contributed by atoms with E-state index in [9.17, 15) is 14.7 Å². The molecule has 0 aromatic heterocycles. The van der Waals surface area contributed by atoms with Gasteiger partial charge in [0, 0.05) is 24.7 Å². The van der Waals surface area contributed by atoms with Crippen LogP contribution in [-0.4, -0.2) is 34.5 Å². The Bertz CT molecular complexity index is 764. The lowest BCUT2D eigenvalue weighted by Crippen LogP contribution is -2.40. The molecule has 3 rings (SSSR count). The van der Waals surface area contributed by atoms with Gasteiger partial charge in [-0.15, -0.1) is 0 Å². The van der Waals surface area contributed by atoms with Crippen molar-refractivity contribution < 1.29 is 14.7 Å². The number of carbonyl (C=O) groups is 2. The number of phenols is 1. The number of anilines is 1. The van der Waals surface area contributed by atoms with Gasteiger partial charge < -0.3 is 20.6 Å². The van der Waals surface area contributed by atoms with Crippen LogP contribution >= 0.6 is 0 Å². The summed E-state index contributed by atoms with van der Waals surface area (Å²) in [6, 6.07) is 15.5. The van der Waals surface area contributed by atoms with Gasteiger partial charge in [0.2, 0.25) is 5.91 Å². The number of rotatable bonds is 4. The summed E-state index contributed by atoms with van der Waals surface area (Å²) in [4.78, 5) is 26.2. The summed E-state index contributed by atoms with van der Waals surface area (Å²) in [5, 5.41) is 14.9. The lowest BCUT2D eigenvalue weighted by molar-refractivity contribution is -0.129. The van der Waals surface area contributed by atoms with E-state index < -0.39 is 6.03 Å². The van der Waals surface area contributed by atoms with Crippen LogP contribution < -0.4 is 10.6 Å². The molecule has 1 saturated heterocycles. The second-order valence-corrected chi connectivity index (χ2v) is 6.18. The molecule has 0 radical (unpaired) electrons. The summed E-state index contributed by atoms with van der Waals surface area (Å²) in [6.45, 7) is 2.46. The molecule has 25 heavy (non-hydrogen) atoms. The van der Waals surface area contributed by atoms with Gasteiger partial charge in [-0.3, -0.25) is 4.79 Å². The van der Waals surface area contributed by atoms with Crippen molar-refractivity contribution >= 4 is 17.6 Å². The summed E-state index contributed by atoms with van der Waals surface area (Å²) in [6.07, 6.45) is 0.282. The Morgan fingerprint density at radius 2 is 1.96 bits per heavy atom. The molecule has 3 amide bonds. The van der Waals surface area contributed by atoms with Gasteiger partial charge in [-0.05, 0) is 24.6 Å². The molecule has 130 valence electrons. The van der Waals surface area contributed by atoms with E-state index in [4.69, 9.17) is 0 Å². The molecule has 6 heteroatoms. The smallest absolute Gasteiger partial charge is 0.319 e. The minimum atomic E-state index is -0.391. The standard InChI is InChI=1S/C19H21N3O3/c1-13(14-6-3-2-4-7-14)22-12-16(11-18(22)24)21-19(25)20-15-8-5-9-17(23)10-15/h2-10,13,16,23H,11-12H2,1H3,(H2,20,21,25). The summed E-state index contributed by atoms with van der Waals surface area (Å²) >= 11 is 0. The first-order chi connectivity index (χ1) is 12.0. The van der Waals surface area contributed by atoms with E-state index in [1.54, 1.807) is 17.0 Å². The molecule has 0 bridgehead atoms. The van der Waals surface area contributed by atoms with E-state index in [1.807, 2.05) is 37.3 Å². The van der Waals surface area contributed by atoms with Crippen LogP contribution in [0.1, 0.15) is 24.9 Å². The van der Waals surface area contributed by atoms with Crippen LogP contribution in [0.2, 0.25) is 0 Å². The fourth-order valence-electron chi connectivity index (χ4n) is 3.05. The van der Waals surface area contributed by atoms with Crippen LogP contribution in [0.3, 0.4) is 0 Å². The van der Waals surface area contributed by atoms with E-state index in [0.29, 0.717) is 12.2 Å². The molecule has 1 heterocycles. The molecule has 1 fully saturated rings. The van der Waals surface area contributed by atoms with Crippen molar-refractivity contribution in [3.05, 3.63) is 60.2 Å². The average molecular weight is 339 g/mol. The zero-order valence-electron chi connectivity index (χ0n) is 14.0. The highest BCUT2D eigenvalue weighted by molar-refractivity contribution is 5.90. The number of likely N-dealkylation sites (tertiary alicyclic amines) is 1. The fourth-order valence-corrected chi connectivity index (χ4v) is 3.05. The quantitative estimate of drug-likeness (QED) is 0.801. The number of benzene rings is 2. The molecule has 2 aromatic rings. The Morgan fingerprint density at radius 1 is 1.20 bits per heavy atom. The molecule has 1 aliphatic rings. The molecule has 0 saturated carbocycles. The van der Waals surface area contributed by atoms with Gasteiger partial charge in [0.05, 0.1) is 12.1 Å². The number of carbonyl (C=O) groups excluding carboxylic acids is 2. The van der Waals surface area contributed by atoms with E-state index in [0.717, 1.165) is 5.56 Å². The zero-order valence-corrected chi connectivity index (χ0v) is 14.0. The predicted molar refractivity (Wildman–Crippen MR) is 95.2 cm³/mol. The third-order valence-electron chi connectivity index (χ3n) is 4.35. The van der Waals surface area contributed by atoms with Gasteiger partial charge in [0.25, 0.3) is 0 Å². The van der Waals surface area contributed by atoms with E-state index in [1.165, 1.54) is 12.1 Å². The van der Waals surface area contributed by atoms with Gasteiger partial charge >= 0.3 is 6.03 Å². The van der Waals surface area contributed by atoms with Gasteiger partial charge in [-0.25, -0.2) is 4.79 Å². The van der Waals surface area contributed by atoms with E-state index >= 15 is 0 Å². The van der Waals surface area contributed by atoms with Crippen LogP contribution in [0, 0.1) is 0 Å². The number of phenolic OH excluding ortho intramolecular Hbond substituents is 1.